The van der Waals surface area contributed by atoms with Crippen LogP contribution in [0.2, 0.25) is 0 Å². The van der Waals surface area contributed by atoms with Crippen molar-refractivity contribution >= 4 is 28.7 Å². The van der Waals surface area contributed by atoms with Crippen molar-refractivity contribution < 1.29 is 14.1 Å². The number of hydrogen-bond acceptors (Lipinski definition) is 4. The molecule has 0 aliphatic carbocycles. The van der Waals surface area contributed by atoms with Crippen molar-refractivity contribution in [3.8, 4) is 0 Å². The molecular weight excluding hydrogens is 357 g/mol. The van der Waals surface area contributed by atoms with E-state index in [1.54, 1.807) is 12.1 Å². The Morgan fingerprint density at radius 3 is 2.35 bits per heavy atom. The van der Waals surface area contributed by atoms with E-state index in [0.29, 0.717) is 5.69 Å². The number of amides is 2. The maximum absolute atomic E-state index is 13.2. The van der Waals surface area contributed by atoms with Gasteiger partial charge in [0.25, 0.3) is 5.69 Å². The summed E-state index contributed by atoms with van der Waals surface area (Å²) < 4.78 is 13.2. The summed E-state index contributed by atoms with van der Waals surface area (Å²) in [5.74, 6) is -0.353. The number of nitrogens with zero attached hydrogens (tertiary/aromatic N) is 1. The summed E-state index contributed by atoms with van der Waals surface area (Å²) in [5.41, 5.74) is 1.11. The van der Waals surface area contributed by atoms with Crippen LogP contribution >= 0.6 is 11.3 Å². The van der Waals surface area contributed by atoms with Gasteiger partial charge in [-0.1, -0.05) is 18.2 Å². The Labute approximate surface area is 152 Å². The Hall–Kier alpha value is -3.26. The van der Waals surface area contributed by atoms with Gasteiger partial charge in [-0.05, 0) is 41.3 Å². The minimum atomic E-state index is -0.509. The SMILES string of the molecule is O=C(Nc1ccc([N+](=O)[O-])cc1)NC(c1ccc(F)cc1)c1cccs1. The van der Waals surface area contributed by atoms with Crippen molar-refractivity contribution in [3.63, 3.8) is 0 Å². The molecule has 0 aliphatic rings. The largest absolute Gasteiger partial charge is 0.326 e. The van der Waals surface area contributed by atoms with Gasteiger partial charge >= 0.3 is 6.03 Å². The van der Waals surface area contributed by atoms with Gasteiger partial charge in [0, 0.05) is 22.7 Å². The van der Waals surface area contributed by atoms with Gasteiger partial charge in [0.1, 0.15) is 5.82 Å². The zero-order valence-electron chi connectivity index (χ0n) is 13.4. The molecule has 3 rings (SSSR count). The highest BCUT2D eigenvalue weighted by atomic mass is 32.1. The van der Waals surface area contributed by atoms with E-state index in [9.17, 15) is 19.3 Å². The molecule has 6 nitrogen and oxygen atoms in total. The molecule has 2 aromatic carbocycles. The van der Waals surface area contributed by atoms with Crippen LogP contribution in [0.25, 0.3) is 0 Å². The number of nitro benzene ring substituents is 1. The highest BCUT2D eigenvalue weighted by molar-refractivity contribution is 7.10. The first-order chi connectivity index (χ1) is 12.5. The van der Waals surface area contributed by atoms with E-state index in [1.807, 2.05) is 17.5 Å². The predicted octanol–water partition coefficient (Wildman–Crippen LogP) is 4.71. The van der Waals surface area contributed by atoms with E-state index < -0.39 is 17.0 Å². The van der Waals surface area contributed by atoms with Crippen molar-refractivity contribution in [2.24, 2.45) is 0 Å². The summed E-state index contributed by atoms with van der Waals surface area (Å²) in [7, 11) is 0. The number of non-ortho nitro benzene ring substituents is 1. The van der Waals surface area contributed by atoms with Crippen molar-refractivity contribution in [1.82, 2.24) is 5.32 Å². The number of carbonyl (C=O) groups is 1. The lowest BCUT2D eigenvalue weighted by Gasteiger charge is -2.18. The molecule has 1 unspecified atom stereocenters. The minimum Gasteiger partial charge on any atom is -0.326 e. The number of nitro groups is 1. The highest BCUT2D eigenvalue weighted by Gasteiger charge is 2.18. The standard InChI is InChI=1S/C18H14FN3O3S/c19-13-5-3-12(4-6-13)17(16-2-1-11-26-16)21-18(23)20-14-7-9-15(10-8-14)22(24)25/h1-11,17H,(H2,20,21,23). The van der Waals surface area contributed by atoms with E-state index in [1.165, 1.54) is 47.7 Å². The Morgan fingerprint density at radius 1 is 1.08 bits per heavy atom. The Bertz CT molecular complexity index is 896. The van der Waals surface area contributed by atoms with Gasteiger partial charge in [0.05, 0.1) is 11.0 Å². The molecular formula is C18H14FN3O3S. The first kappa shape index (κ1) is 17.6. The van der Waals surface area contributed by atoms with Gasteiger partial charge in [-0.2, -0.15) is 0 Å². The molecule has 1 atom stereocenters. The predicted molar refractivity (Wildman–Crippen MR) is 97.8 cm³/mol. The second-order valence-corrected chi connectivity index (χ2v) is 6.38. The molecule has 0 aliphatic heterocycles. The number of thiophene rings is 1. The number of urea groups is 1. The summed E-state index contributed by atoms with van der Waals surface area (Å²) >= 11 is 1.47. The average Bonchev–Trinajstić information content (AvgIpc) is 3.15. The maximum atomic E-state index is 13.2. The van der Waals surface area contributed by atoms with Gasteiger partial charge < -0.3 is 10.6 Å². The molecule has 0 saturated heterocycles. The molecule has 2 N–H and O–H groups in total. The first-order valence-electron chi connectivity index (χ1n) is 7.64. The average molecular weight is 371 g/mol. The molecule has 0 spiro atoms. The molecule has 1 heterocycles. The van der Waals surface area contributed by atoms with Crippen LogP contribution in [-0.2, 0) is 0 Å². The number of nitrogens with one attached hydrogen (secondary N) is 2. The van der Waals surface area contributed by atoms with Crippen LogP contribution < -0.4 is 10.6 Å². The topological polar surface area (TPSA) is 84.3 Å². The van der Waals surface area contributed by atoms with Crippen molar-refractivity contribution in [2.45, 2.75) is 6.04 Å². The van der Waals surface area contributed by atoms with E-state index in [0.717, 1.165) is 10.4 Å². The number of anilines is 1. The van der Waals surface area contributed by atoms with Gasteiger partial charge in [0.2, 0.25) is 0 Å². The third-order valence-electron chi connectivity index (χ3n) is 3.64. The van der Waals surface area contributed by atoms with Crippen molar-refractivity contribution in [1.29, 1.82) is 0 Å². The minimum absolute atomic E-state index is 0.0567. The molecule has 2 amide bonds. The molecule has 0 fully saturated rings. The van der Waals surface area contributed by atoms with Crippen LogP contribution in [-0.4, -0.2) is 11.0 Å². The second-order valence-electron chi connectivity index (χ2n) is 5.40. The van der Waals surface area contributed by atoms with Gasteiger partial charge in [-0.25, -0.2) is 9.18 Å². The summed E-state index contributed by atoms with van der Waals surface area (Å²) in [5, 5.41) is 18.0. The number of halogens is 1. The number of benzene rings is 2. The molecule has 0 bridgehead atoms. The van der Waals surface area contributed by atoms with Gasteiger partial charge in [-0.3, -0.25) is 10.1 Å². The Morgan fingerprint density at radius 2 is 1.77 bits per heavy atom. The fraction of sp³-hybridized carbons (Fsp3) is 0.0556. The molecule has 1 aromatic heterocycles. The van der Waals surface area contributed by atoms with E-state index in [2.05, 4.69) is 10.6 Å². The van der Waals surface area contributed by atoms with Gasteiger partial charge in [0.15, 0.2) is 0 Å². The maximum Gasteiger partial charge on any atom is 0.320 e. The summed E-state index contributed by atoms with van der Waals surface area (Å²) in [6, 6.07) is 14.3. The third kappa shape index (κ3) is 4.22. The fourth-order valence-electron chi connectivity index (χ4n) is 2.39. The lowest BCUT2D eigenvalue weighted by molar-refractivity contribution is -0.384. The lowest BCUT2D eigenvalue weighted by Crippen LogP contribution is -2.32. The van der Waals surface area contributed by atoms with Crippen molar-refractivity contribution in [3.05, 3.63) is 92.4 Å². The van der Waals surface area contributed by atoms with Crippen LogP contribution in [0.5, 0.6) is 0 Å². The zero-order valence-corrected chi connectivity index (χ0v) is 14.2. The van der Waals surface area contributed by atoms with Crippen LogP contribution in [0.1, 0.15) is 16.5 Å². The normalized spacial score (nSPS) is 11.6. The van der Waals surface area contributed by atoms with Crippen LogP contribution in [0.3, 0.4) is 0 Å². The van der Waals surface area contributed by atoms with Crippen LogP contribution in [0, 0.1) is 15.9 Å². The molecule has 26 heavy (non-hydrogen) atoms. The Balaban J connectivity index is 1.75. The third-order valence-corrected chi connectivity index (χ3v) is 4.58. The van der Waals surface area contributed by atoms with E-state index in [-0.39, 0.29) is 11.5 Å². The summed E-state index contributed by atoms with van der Waals surface area (Å²) in [6.45, 7) is 0. The Kier molecular flexibility index (Phi) is 5.23. The summed E-state index contributed by atoms with van der Waals surface area (Å²) in [6.07, 6.45) is 0. The molecule has 0 radical (unpaired) electrons. The van der Waals surface area contributed by atoms with E-state index >= 15 is 0 Å². The molecule has 3 aromatic rings. The number of rotatable bonds is 5. The quantitative estimate of drug-likeness (QED) is 0.503. The zero-order chi connectivity index (χ0) is 18.5. The monoisotopic (exact) mass is 371 g/mol. The van der Waals surface area contributed by atoms with E-state index in [4.69, 9.17) is 0 Å². The summed E-state index contributed by atoms with van der Waals surface area (Å²) in [4.78, 5) is 23.4. The van der Waals surface area contributed by atoms with Crippen LogP contribution in [0.4, 0.5) is 20.6 Å². The van der Waals surface area contributed by atoms with Crippen LogP contribution in [0.15, 0.2) is 66.0 Å². The van der Waals surface area contributed by atoms with Crippen molar-refractivity contribution in [2.75, 3.05) is 5.32 Å². The molecule has 0 saturated carbocycles. The highest BCUT2D eigenvalue weighted by Crippen LogP contribution is 2.26. The molecule has 8 heteroatoms. The number of hydrogen-bond donors (Lipinski definition) is 2. The second kappa shape index (κ2) is 7.75. The lowest BCUT2D eigenvalue weighted by atomic mass is 10.1. The molecule has 132 valence electrons. The number of carbonyl (C=O) groups excluding carboxylic acids is 1. The smallest absolute Gasteiger partial charge is 0.320 e. The first-order valence-corrected chi connectivity index (χ1v) is 8.52. The van der Waals surface area contributed by atoms with Gasteiger partial charge in [-0.15, -0.1) is 11.3 Å². The fourth-order valence-corrected chi connectivity index (χ4v) is 3.20.